The lowest BCUT2D eigenvalue weighted by Gasteiger charge is -2.25. The van der Waals surface area contributed by atoms with Crippen LogP contribution in [0.5, 0.6) is 0 Å². The quantitative estimate of drug-likeness (QED) is 0.684. The highest BCUT2D eigenvalue weighted by molar-refractivity contribution is 5.73. The Labute approximate surface area is 132 Å². The summed E-state index contributed by atoms with van der Waals surface area (Å²) in [5.74, 6) is 1.18. The van der Waals surface area contributed by atoms with Crippen molar-refractivity contribution in [3.05, 3.63) is 23.7 Å². The number of carbonyl (C=O) groups is 1. The van der Waals surface area contributed by atoms with E-state index in [1.54, 1.807) is 19.1 Å². The molecular weight excluding hydrogens is 282 g/mol. The Hall–Kier alpha value is -1.53. The van der Waals surface area contributed by atoms with E-state index in [-0.39, 0.29) is 12.6 Å². The van der Waals surface area contributed by atoms with E-state index < -0.39 is 5.60 Å². The minimum absolute atomic E-state index is 0.0907. The minimum atomic E-state index is -1.22. The number of nitrogens with zero attached hydrogens (tertiary/aromatic N) is 1. The van der Waals surface area contributed by atoms with Crippen molar-refractivity contribution >= 4 is 6.03 Å². The van der Waals surface area contributed by atoms with Crippen LogP contribution < -0.4 is 10.6 Å². The lowest BCUT2D eigenvalue weighted by Crippen LogP contribution is -2.45. The number of furan rings is 1. The summed E-state index contributed by atoms with van der Waals surface area (Å²) >= 11 is 0. The third kappa shape index (κ3) is 5.69. The van der Waals surface area contributed by atoms with Gasteiger partial charge in [-0.2, -0.15) is 0 Å². The number of amides is 2. The molecule has 0 saturated carbocycles. The topological polar surface area (TPSA) is 77.7 Å². The van der Waals surface area contributed by atoms with Crippen LogP contribution >= 0.6 is 0 Å². The van der Waals surface area contributed by atoms with Crippen LogP contribution in [0.4, 0.5) is 4.79 Å². The zero-order valence-electron chi connectivity index (χ0n) is 14.3. The summed E-state index contributed by atoms with van der Waals surface area (Å²) in [5, 5.41) is 15.8. The third-order valence-corrected chi connectivity index (χ3v) is 3.69. The smallest absolute Gasteiger partial charge is 0.314 e. The van der Waals surface area contributed by atoms with Gasteiger partial charge in [-0.15, -0.1) is 0 Å². The summed E-state index contributed by atoms with van der Waals surface area (Å²) in [6.07, 6.45) is 0. The Morgan fingerprint density at radius 3 is 2.59 bits per heavy atom. The molecule has 0 fully saturated rings. The number of aryl methyl sites for hydroxylation is 1. The molecule has 1 heterocycles. The van der Waals surface area contributed by atoms with Crippen LogP contribution in [0.3, 0.4) is 0 Å². The predicted molar refractivity (Wildman–Crippen MR) is 86.8 cm³/mol. The summed E-state index contributed by atoms with van der Waals surface area (Å²) < 4.78 is 5.41. The van der Waals surface area contributed by atoms with Crippen LogP contribution in [0.2, 0.25) is 0 Å². The summed E-state index contributed by atoms with van der Waals surface area (Å²) in [6.45, 7) is 12.2. The molecule has 1 rings (SSSR count). The molecule has 1 aromatic rings. The van der Waals surface area contributed by atoms with Gasteiger partial charge in [-0.3, -0.25) is 4.90 Å². The van der Waals surface area contributed by atoms with Crippen LogP contribution in [0.15, 0.2) is 16.5 Å². The Morgan fingerprint density at radius 1 is 1.41 bits per heavy atom. The Kier molecular flexibility index (Phi) is 6.90. The number of rotatable bonds is 8. The van der Waals surface area contributed by atoms with Crippen molar-refractivity contribution in [3.8, 4) is 0 Å². The zero-order valence-corrected chi connectivity index (χ0v) is 14.3. The largest absolute Gasteiger partial charge is 0.463 e. The average Bonchev–Trinajstić information content (AvgIpc) is 2.88. The van der Waals surface area contributed by atoms with Crippen LogP contribution in [0.1, 0.15) is 39.2 Å². The van der Waals surface area contributed by atoms with Gasteiger partial charge in [0.1, 0.15) is 17.1 Å². The first kappa shape index (κ1) is 18.5. The van der Waals surface area contributed by atoms with Gasteiger partial charge in [0.05, 0.1) is 6.54 Å². The van der Waals surface area contributed by atoms with Crippen molar-refractivity contribution in [1.82, 2.24) is 15.5 Å². The summed E-state index contributed by atoms with van der Waals surface area (Å²) in [7, 11) is 0. The van der Waals surface area contributed by atoms with E-state index in [1.165, 1.54) is 0 Å². The van der Waals surface area contributed by atoms with Crippen molar-refractivity contribution in [2.24, 2.45) is 0 Å². The number of hydrogen-bond acceptors (Lipinski definition) is 4. The van der Waals surface area contributed by atoms with Gasteiger partial charge in [0.25, 0.3) is 0 Å². The molecule has 6 heteroatoms. The fraction of sp³-hybridized carbons (Fsp3) is 0.688. The van der Waals surface area contributed by atoms with Crippen LogP contribution in [0, 0.1) is 6.92 Å². The van der Waals surface area contributed by atoms with Gasteiger partial charge in [-0.1, -0.05) is 6.92 Å². The van der Waals surface area contributed by atoms with E-state index in [0.717, 1.165) is 18.8 Å². The fourth-order valence-electron chi connectivity index (χ4n) is 2.22. The number of aliphatic hydroxyl groups is 1. The van der Waals surface area contributed by atoms with Gasteiger partial charge in [0, 0.05) is 19.1 Å². The Balaban J connectivity index is 2.34. The Morgan fingerprint density at radius 2 is 2.09 bits per heavy atom. The normalized spacial score (nSPS) is 14.2. The molecule has 6 nitrogen and oxygen atoms in total. The van der Waals surface area contributed by atoms with Gasteiger partial charge in [0.2, 0.25) is 0 Å². The van der Waals surface area contributed by atoms with Crippen LogP contribution in [0.25, 0.3) is 0 Å². The van der Waals surface area contributed by atoms with Gasteiger partial charge in [-0.05, 0) is 46.4 Å². The van der Waals surface area contributed by atoms with Crippen molar-refractivity contribution in [2.75, 3.05) is 26.2 Å². The molecule has 0 aliphatic heterocycles. The highest BCUT2D eigenvalue weighted by atomic mass is 16.4. The second kappa shape index (κ2) is 8.19. The molecule has 0 spiro atoms. The van der Waals surface area contributed by atoms with Gasteiger partial charge in [0.15, 0.2) is 0 Å². The zero-order chi connectivity index (χ0) is 16.8. The SMILES string of the molecule is CCN(CCNC(=O)NCC(C)(O)c1ccc(C)o1)C(C)C. The first-order valence-electron chi connectivity index (χ1n) is 7.81. The Bertz CT molecular complexity index is 469. The van der Waals surface area contributed by atoms with E-state index in [4.69, 9.17) is 4.42 Å². The molecule has 126 valence electrons. The highest BCUT2D eigenvalue weighted by Gasteiger charge is 2.27. The molecule has 0 aromatic carbocycles. The third-order valence-electron chi connectivity index (χ3n) is 3.69. The van der Waals surface area contributed by atoms with Crippen molar-refractivity contribution in [1.29, 1.82) is 0 Å². The molecule has 0 aliphatic rings. The van der Waals surface area contributed by atoms with E-state index >= 15 is 0 Å². The number of hydrogen-bond donors (Lipinski definition) is 3. The molecule has 1 aromatic heterocycles. The highest BCUT2D eigenvalue weighted by Crippen LogP contribution is 2.21. The number of nitrogens with one attached hydrogen (secondary N) is 2. The lowest BCUT2D eigenvalue weighted by molar-refractivity contribution is 0.0359. The molecule has 0 saturated heterocycles. The molecular formula is C16H29N3O3. The second-order valence-corrected chi connectivity index (χ2v) is 6.02. The molecule has 2 amide bonds. The van der Waals surface area contributed by atoms with E-state index in [0.29, 0.717) is 18.3 Å². The fourth-order valence-corrected chi connectivity index (χ4v) is 2.22. The summed E-state index contributed by atoms with van der Waals surface area (Å²) in [4.78, 5) is 14.0. The van der Waals surface area contributed by atoms with Crippen LogP contribution in [-0.2, 0) is 5.60 Å². The van der Waals surface area contributed by atoms with Crippen LogP contribution in [-0.4, -0.2) is 48.3 Å². The first-order chi connectivity index (χ1) is 10.3. The van der Waals surface area contributed by atoms with E-state index in [1.807, 2.05) is 6.92 Å². The molecule has 0 radical (unpaired) electrons. The molecule has 1 unspecified atom stereocenters. The van der Waals surface area contributed by atoms with Gasteiger partial charge < -0.3 is 20.2 Å². The maximum atomic E-state index is 11.8. The number of likely N-dealkylation sites (N-methyl/N-ethyl adjacent to an activating group) is 1. The molecule has 22 heavy (non-hydrogen) atoms. The maximum absolute atomic E-state index is 11.8. The second-order valence-electron chi connectivity index (χ2n) is 6.02. The molecule has 0 bridgehead atoms. The number of urea groups is 1. The predicted octanol–water partition coefficient (Wildman–Crippen LogP) is 1.83. The van der Waals surface area contributed by atoms with Crippen molar-refractivity contribution < 1.29 is 14.3 Å². The van der Waals surface area contributed by atoms with Crippen molar-refractivity contribution in [2.45, 2.75) is 46.3 Å². The summed E-state index contributed by atoms with van der Waals surface area (Å²) in [5.41, 5.74) is -1.22. The standard InChI is InChI=1S/C16H29N3O3/c1-6-19(12(2)3)10-9-17-15(20)18-11-16(5,21)14-8-7-13(4)22-14/h7-8,12,21H,6,9-11H2,1-5H3,(H2,17,18,20). The monoisotopic (exact) mass is 311 g/mol. The minimum Gasteiger partial charge on any atom is -0.463 e. The molecule has 0 aliphatic carbocycles. The van der Waals surface area contributed by atoms with Gasteiger partial charge in [-0.25, -0.2) is 4.79 Å². The molecule has 3 N–H and O–H groups in total. The first-order valence-corrected chi connectivity index (χ1v) is 7.81. The average molecular weight is 311 g/mol. The van der Waals surface area contributed by atoms with E-state index in [2.05, 4.69) is 36.3 Å². The van der Waals surface area contributed by atoms with E-state index in [9.17, 15) is 9.90 Å². The number of carbonyl (C=O) groups excluding carboxylic acids is 1. The maximum Gasteiger partial charge on any atom is 0.314 e. The van der Waals surface area contributed by atoms with Crippen molar-refractivity contribution in [3.63, 3.8) is 0 Å². The van der Waals surface area contributed by atoms with Gasteiger partial charge >= 0.3 is 6.03 Å². The summed E-state index contributed by atoms with van der Waals surface area (Å²) in [6, 6.07) is 3.67. The molecule has 1 atom stereocenters. The lowest BCUT2D eigenvalue weighted by atomic mass is 10.0.